The molecule has 0 nitrogen and oxygen atoms in total. The van der Waals surface area contributed by atoms with E-state index < -0.39 is 0 Å². The highest BCUT2D eigenvalue weighted by Gasteiger charge is 2.71. The molecule has 0 saturated heterocycles. The minimum absolute atomic E-state index is 0.0187. The highest BCUT2D eigenvalue weighted by Crippen LogP contribution is 2.74. The maximum atomic E-state index is 5.16. The fraction of sp³-hybridized carbons (Fsp3) is 1.00. The van der Waals surface area contributed by atoms with Crippen molar-refractivity contribution in [1.82, 2.24) is 0 Å². The first-order valence-corrected chi connectivity index (χ1v) is 10.1. The second kappa shape index (κ2) is 4.95. The van der Waals surface area contributed by atoms with Gasteiger partial charge in [-0.15, -0.1) is 0 Å². The maximum absolute atomic E-state index is 5.16. The van der Waals surface area contributed by atoms with Crippen LogP contribution >= 0.6 is 50.5 Å². The zero-order valence-electron chi connectivity index (χ0n) is 13.6. The van der Waals surface area contributed by atoms with Gasteiger partial charge in [-0.1, -0.05) is 20.8 Å². The van der Waals surface area contributed by atoms with Crippen LogP contribution in [-0.2, 0) is 0 Å². The minimum atomic E-state index is 0.0187. The summed E-state index contributed by atoms with van der Waals surface area (Å²) < 4.78 is 0.208. The molecule has 0 aromatic heterocycles. The second-order valence-electron chi connectivity index (χ2n) is 8.89. The van der Waals surface area contributed by atoms with Gasteiger partial charge < -0.3 is 0 Å². The average molecular weight is 363 g/mol. The van der Waals surface area contributed by atoms with Crippen LogP contribution in [-0.4, -0.2) is 19.5 Å². The summed E-state index contributed by atoms with van der Waals surface area (Å²) in [7, 11) is 0. The van der Waals surface area contributed by atoms with E-state index in [0.29, 0.717) is 22.5 Å². The quantitative estimate of drug-likeness (QED) is 0.418. The maximum Gasteiger partial charge on any atom is 0.0223 e. The van der Waals surface area contributed by atoms with E-state index in [0.717, 1.165) is 5.92 Å². The fourth-order valence-electron chi connectivity index (χ4n) is 6.30. The van der Waals surface area contributed by atoms with E-state index in [1.807, 2.05) is 0 Å². The van der Waals surface area contributed by atoms with Crippen LogP contribution < -0.4 is 0 Å². The molecule has 0 aromatic rings. The Labute approximate surface area is 152 Å². The Bertz CT molecular complexity index is 442. The number of hydrogen-bond acceptors (Lipinski definition) is 4. The smallest absolute Gasteiger partial charge is 0.0223 e. The summed E-state index contributed by atoms with van der Waals surface area (Å²) in [6, 6.07) is 0. The first kappa shape index (κ1) is 17.2. The molecule has 0 radical (unpaired) electrons. The molecule has 3 saturated carbocycles. The Morgan fingerprint density at radius 2 is 1.48 bits per heavy atom. The van der Waals surface area contributed by atoms with Crippen LogP contribution in [0.15, 0.2) is 0 Å². The fourth-order valence-corrected chi connectivity index (χ4v) is 8.54. The standard InChI is InChI=1S/C17H30S4/c1-10-7-11-5-6-12(18)14(2,19)8-17(11)9-15(3,20)13(17)16(10,4)21/h10-13,18-21H,5-9H2,1-4H3. The van der Waals surface area contributed by atoms with E-state index in [1.165, 1.54) is 32.1 Å². The van der Waals surface area contributed by atoms with Gasteiger partial charge in [-0.25, -0.2) is 0 Å². The molecule has 0 heterocycles. The Hall–Kier alpha value is 1.40. The van der Waals surface area contributed by atoms with Gasteiger partial charge in [0.05, 0.1) is 0 Å². The lowest BCUT2D eigenvalue weighted by atomic mass is 9.38. The molecule has 3 rings (SSSR count). The van der Waals surface area contributed by atoms with Gasteiger partial charge in [-0.3, -0.25) is 0 Å². The minimum Gasteiger partial charge on any atom is -0.174 e. The van der Waals surface area contributed by atoms with Crippen molar-refractivity contribution < 1.29 is 0 Å². The molecule has 0 bridgehead atoms. The number of hydrogen-bond donors (Lipinski definition) is 4. The van der Waals surface area contributed by atoms with Crippen molar-refractivity contribution in [2.45, 2.75) is 79.3 Å². The zero-order valence-corrected chi connectivity index (χ0v) is 17.2. The monoisotopic (exact) mass is 362 g/mol. The van der Waals surface area contributed by atoms with Gasteiger partial charge in [-0.2, -0.15) is 50.5 Å². The van der Waals surface area contributed by atoms with Gasteiger partial charge in [0.2, 0.25) is 0 Å². The van der Waals surface area contributed by atoms with Gasteiger partial charge >= 0.3 is 0 Å². The van der Waals surface area contributed by atoms with Crippen molar-refractivity contribution in [3.8, 4) is 0 Å². The van der Waals surface area contributed by atoms with Crippen LogP contribution in [0.25, 0.3) is 0 Å². The molecular weight excluding hydrogens is 332 g/mol. The van der Waals surface area contributed by atoms with Crippen LogP contribution in [0.3, 0.4) is 0 Å². The molecule has 1 spiro atoms. The summed E-state index contributed by atoms with van der Waals surface area (Å²) in [4.78, 5) is 0. The van der Waals surface area contributed by atoms with E-state index >= 15 is 0 Å². The highest BCUT2D eigenvalue weighted by atomic mass is 32.1. The largest absolute Gasteiger partial charge is 0.174 e. The summed E-state index contributed by atoms with van der Waals surface area (Å²) in [5.74, 6) is 2.03. The lowest BCUT2D eigenvalue weighted by Gasteiger charge is -2.72. The third-order valence-corrected chi connectivity index (χ3v) is 9.73. The summed E-state index contributed by atoms with van der Waals surface area (Å²) in [5.41, 5.74) is 0.382. The predicted octanol–water partition coefficient (Wildman–Crippen LogP) is 5.20. The Morgan fingerprint density at radius 1 is 0.905 bits per heavy atom. The third kappa shape index (κ3) is 2.36. The SMILES string of the molecule is CC1CC2CCC(S)C(C)(S)CC23CC(C)(S)C3C1(C)S. The molecule has 3 aliphatic carbocycles. The predicted molar refractivity (Wildman–Crippen MR) is 107 cm³/mol. The normalized spacial score (nSPS) is 64.0. The first-order chi connectivity index (χ1) is 9.43. The molecule has 122 valence electrons. The van der Waals surface area contributed by atoms with Gasteiger partial charge in [0, 0.05) is 19.5 Å². The summed E-state index contributed by atoms with van der Waals surface area (Å²) in [6.45, 7) is 9.37. The average Bonchev–Trinajstić information content (AvgIpc) is 2.36. The van der Waals surface area contributed by atoms with E-state index in [1.54, 1.807) is 0 Å². The lowest BCUT2D eigenvalue weighted by molar-refractivity contribution is -0.136. The Morgan fingerprint density at radius 3 is 2.05 bits per heavy atom. The van der Waals surface area contributed by atoms with Crippen molar-refractivity contribution in [2.24, 2.45) is 23.2 Å². The van der Waals surface area contributed by atoms with Crippen molar-refractivity contribution in [2.75, 3.05) is 0 Å². The lowest BCUT2D eigenvalue weighted by Crippen LogP contribution is -2.71. The van der Waals surface area contributed by atoms with Crippen molar-refractivity contribution in [1.29, 1.82) is 0 Å². The van der Waals surface area contributed by atoms with Crippen LogP contribution in [0, 0.1) is 23.2 Å². The van der Waals surface area contributed by atoms with Crippen molar-refractivity contribution in [3.63, 3.8) is 0 Å². The van der Waals surface area contributed by atoms with Crippen LogP contribution in [0.5, 0.6) is 0 Å². The molecule has 3 aliphatic rings. The molecule has 0 amide bonds. The van der Waals surface area contributed by atoms with Crippen LogP contribution in [0.2, 0.25) is 0 Å². The highest BCUT2D eigenvalue weighted by molar-refractivity contribution is 7.85. The van der Waals surface area contributed by atoms with E-state index in [2.05, 4.69) is 27.7 Å². The van der Waals surface area contributed by atoms with Gasteiger partial charge in [0.25, 0.3) is 0 Å². The molecule has 0 aliphatic heterocycles. The molecule has 8 unspecified atom stereocenters. The van der Waals surface area contributed by atoms with Gasteiger partial charge in [0.1, 0.15) is 0 Å². The van der Waals surface area contributed by atoms with Crippen LogP contribution in [0.4, 0.5) is 0 Å². The van der Waals surface area contributed by atoms with Gasteiger partial charge in [0.15, 0.2) is 0 Å². The van der Waals surface area contributed by atoms with Gasteiger partial charge in [-0.05, 0) is 62.2 Å². The Balaban J connectivity index is 2.05. The van der Waals surface area contributed by atoms with Crippen molar-refractivity contribution >= 4 is 50.5 Å². The molecule has 21 heavy (non-hydrogen) atoms. The molecule has 4 heteroatoms. The summed E-state index contributed by atoms with van der Waals surface area (Å²) >= 11 is 20.1. The van der Waals surface area contributed by atoms with E-state index in [4.69, 9.17) is 50.5 Å². The molecule has 3 fully saturated rings. The molecule has 8 atom stereocenters. The third-order valence-electron chi connectivity index (χ3n) is 7.11. The van der Waals surface area contributed by atoms with E-state index in [-0.39, 0.29) is 14.2 Å². The topological polar surface area (TPSA) is 0 Å². The molecule has 0 N–H and O–H groups in total. The Kier molecular flexibility index (Phi) is 4.06. The zero-order chi connectivity index (χ0) is 15.8. The number of thiol groups is 4. The summed E-state index contributed by atoms with van der Waals surface area (Å²) in [5, 5.41) is 0.398. The second-order valence-corrected chi connectivity index (χ2v) is 12.5. The van der Waals surface area contributed by atoms with Crippen LogP contribution in [0.1, 0.15) is 59.8 Å². The molecule has 0 aromatic carbocycles. The number of rotatable bonds is 0. The molecular formula is C17H30S4. The van der Waals surface area contributed by atoms with Crippen molar-refractivity contribution in [3.05, 3.63) is 0 Å². The summed E-state index contributed by atoms with van der Waals surface area (Å²) in [6.07, 6.45) is 6.20. The van der Waals surface area contributed by atoms with E-state index in [9.17, 15) is 0 Å². The first-order valence-electron chi connectivity index (χ1n) is 8.29.